The van der Waals surface area contributed by atoms with E-state index in [1.54, 1.807) is 7.05 Å². The summed E-state index contributed by atoms with van der Waals surface area (Å²) in [4.78, 5) is 13.5. The summed E-state index contributed by atoms with van der Waals surface area (Å²) >= 11 is 0. The minimum atomic E-state index is 0.0346. The Labute approximate surface area is 109 Å². The van der Waals surface area contributed by atoms with Crippen LogP contribution in [0.25, 0.3) is 0 Å². The number of anilines is 1. The molecule has 0 saturated heterocycles. The van der Waals surface area contributed by atoms with E-state index in [0.29, 0.717) is 13.1 Å². The van der Waals surface area contributed by atoms with Crippen LogP contribution in [0.2, 0.25) is 0 Å². The molecule has 1 aromatic rings. The van der Waals surface area contributed by atoms with Crippen molar-refractivity contribution in [1.82, 2.24) is 10.6 Å². The number of hydrogen-bond donors (Lipinski definition) is 2. The molecule has 0 fully saturated rings. The van der Waals surface area contributed by atoms with E-state index in [2.05, 4.69) is 54.6 Å². The molecule has 0 atom stereocenters. The number of amides is 1. The lowest BCUT2D eigenvalue weighted by atomic mass is 10.1. The molecule has 0 aliphatic rings. The fourth-order valence-electron chi connectivity index (χ4n) is 2.11. The van der Waals surface area contributed by atoms with Crippen LogP contribution in [0, 0.1) is 13.8 Å². The van der Waals surface area contributed by atoms with E-state index in [-0.39, 0.29) is 5.91 Å². The molecule has 1 aromatic carbocycles. The maximum Gasteiger partial charge on any atom is 0.234 e. The van der Waals surface area contributed by atoms with Crippen LogP contribution < -0.4 is 15.5 Å². The van der Waals surface area contributed by atoms with Gasteiger partial charge in [-0.2, -0.15) is 0 Å². The van der Waals surface area contributed by atoms with Crippen molar-refractivity contribution in [2.24, 2.45) is 0 Å². The van der Waals surface area contributed by atoms with Gasteiger partial charge in [-0.15, -0.1) is 0 Å². The summed E-state index contributed by atoms with van der Waals surface area (Å²) in [5.41, 5.74) is 3.78. The van der Waals surface area contributed by atoms with Crippen molar-refractivity contribution in [3.05, 3.63) is 29.3 Å². The number of nitrogens with zero attached hydrogens (tertiary/aromatic N) is 1. The lowest BCUT2D eigenvalue weighted by Gasteiger charge is -2.23. The minimum Gasteiger partial charge on any atom is -0.372 e. The van der Waals surface area contributed by atoms with Gasteiger partial charge in [0.1, 0.15) is 0 Å². The van der Waals surface area contributed by atoms with Gasteiger partial charge in [0.05, 0.1) is 6.54 Å². The van der Waals surface area contributed by atoms with E-state index < -0.39 is 0 Å². The molecular weight excluding hydrogens is 226 g/mol. The second-order valence-corrected chi connectivity index (χ2v) is 4.54. The normalized spacial score (nSPS) is 10.2. The van der Waals surface area contributed by atoms with Crippen LogP contribution in [0.4, 0.5) is 5.69 Å². The van der Waals surface area contributed by atoms with Crippen molar-refractivity contribution in [2.75, 3.05) is 38.6 Å². The van der Waals surface area contributed by atoms with E-state index in [1.807, 2.05) is 0 Å². The first-order valence-corrected chi connectivity index (χ1v) is 6.25. The molecule has 18 heavy (non-hydrogen) atoms. The number of rotatable bonds is 6. The Balaban J connectivity index is 2.50. The van der Waals surface area contributed by atoms with Crippen LogP contribution in [0.5, 0.6) is 0 Å². The highest BCUT2D eigenvalue weighted by molar-refractivity contribution is 5.77. The molecule has 1 rings (SSSR count). The number of benzene rings is 1. The molecule has 0 heterocycles. The smallest absolute Gasteiger partial charge is 0.234 e. The number of carbonyl (C=O) groups is 1. The summed E-state index contributed by atoms with van der Waals surface area (Å²) in [5, 5.41) is 5.71. The van der Waals surface area contributed by atoms with Gasteiger partial charge >= 0.3 is 0 Å². The fourth-order valence-corrected chi connectivity index (χ4v) is 2.11. The van der Waals surface area contributed by atoms with Crippen molar-refractivity contribution < 1.29 is 4.79 Å². The summed E-state index contributed by atoms with van der Waals surface area (Å²) in [6.45, 7) is 6.05. The van der Waals surface area contributed by atoms with Gasteiger partial charge in [-0.3, -0.25) is 4.79 Å². The van der Waals surface area contributed by atoms with Crippen LogP contribution in [-0.2, 0) is 4.79 Å². The second kappa shape index (κ2) is 7.01. The maximum absolute atomic E-state index is 11.3. The van der Waals surface area contributed by atoms with Gasteiger partial charge in [0.15, 0.2) is 0 Å². The summed E-state index contributed by atoms with van der Waals surface area (Å²) in [6.07, 6.45) is 0. The van der Waals surface area contributed by atoms with E-state index in [9.17, 15) is 4.79 Å². The summed E-state index contributed by atoms with van der Waals surface area (Å²) in [7, 11) is 3.82. The highest BCUT2D eigenvalue weighted by Crippen LogP contribution is 2.22. The monoisotopic (exact) mass is 249 g/mol. The first kappa shape index (κ1) is 14.5. The number of hydrogen-bond acceptors (Lipinski definition) is 3. The summed E-state index contributed by atoms with van der Waals surface area (Å²) in [5.74, 6) is 0.0346. The number of para-hydroxylation sites is 1. The number of nitrogens with one attached hydrogen (secondary N) is 2. The van der Waals surface area contributed by atoms with Gasteiger partial charge in [0.2, 0.25) is 5.91 Å². The first-order chi connectivity index (χ1) is 8.56. The molecule has 0 spiro atoms. The van der Waals surface area contributed by atoms with Crippen molar-refractivity contribution in [3.8, 4) is 0 Å². The van der Waals surface area contributed by atoms with Crippen molar-refractivity contribution in [1.29, 1.82) is 0 Å². The SMILES string of the molecule is CNCC(=O)NCCN(C)c1c(C)cccc1C. The van der Waals surface area contributed by atoms with Crippen LogP contribution in [0.1, 0.15) is 11.1 Å². The van der Waals surface area contributed by atoms with E-state index in [4.69, 9.17) is 0 Å². The molecule has 4 nitrogen and oxygen atoms in total. The average molecular weight is 249 g/mol. The fraction of sp³-hybridized carbons (Fsp3) is 0.500. The number of carbonyl (C=O) groups excluding carboxylic acids is 1. The highest BCUT2D eigenvalue weighted by Gasteiger charge is 2.07. The molecule has 0 unspecified atom stereocenters. The molecule has 2 N–H and O–H groups in total. The zero-order valence-corrected chi connectivity index (χ0v) is 11.7. The van der Waals surface area contributed by atoms with Gasteiger partial charge in [-0.25, -0.2) is 0 Å². The molecule has 4 heteroatoms. The van der Waals surface area contributed by atoms with Gasteiger partial charge in [0.25, 0.3) is 0 Å². The van der Waals surface area contributed by atoms with Crippen molar-refractivity contribution in [2.45, 2.75) is 13.8 Å². The molecule has 0 aliphatic carbocycles. The molecule has 0 saturated carbocycles. The highest BCUT2D eigenvalue weighted by atomic mass is 16.1. The Bertz CT molecular complexity index is 384. The average Bonchev–Trinajstić information content (AvgIpc) is 2.29. The van der Waals surface area contributed by atoms with Crippen LogP contribution >= 0.6 is 0 Å². The first-order valence-electron chi connectivity index (χ1n) is 6.25. The second-order valence-electron chi connectivity index (χ2n) is 4.54. The van der Waals surface area contributed by atoms with Gasteiger partial charge in [-0.1, -0.05) is 18.2 Å². The predicted octanol–water partition coefficient (Wildman–Crippen LogP) is 1.08. The predicted molar refractivity (Wildman–Crippen MR) is 76.1 cm³/mol. The lowest BCUT2D eigenvalue weighted by Crippen LogP contribution is -2.37. The van der Waals surface area contributed by atoms with Gasteiger partial charge in [-0.05, 0) is 32.0 Å². The molecule has 100 valence electrons. The van der Waals surface area contributed by atoms with E-state index >= 15 is 0 Å². The molecule has 0 bridgehead atoms. The van der Waals surface area contributed by atoms with E-state index in [0.717, 1.165) is 6.54 Å². The maximum atomic E-state index is 11.3. The van der Waals surface area contributed by atoms with Gasteiger partial charge < -0.3 is 15.5 Å². The topological polar surface area (TPSA) is 44.4 Å². The summed E-state index contributed by atoms with van der Waals surface area (Å²) < 4.78 is 0. The zero-order valence-electron chi connectivity index (χ0n) is 11.7. The van der Waals surface area contributed by atoms with Crippen molar-refractivity contribution in [3.63, 3.8) is 0 Å². The number of likely N-dealkylation sites (N-methyl/N-ethyl adjacent to an activating group) is 2. The molecule has 0 radical (unpaired) electrons. The third-order valence-electron chi connectivity index (χ3n) is 2.93. The van der Waals surface area contributed by atoms with Gasteiger partial charge in [0, 0.05) is 25.8 Å². The largest absolute Gasteiger partial charge is 0.372 e. The Morgan fingerprint density at radius 1 is 1.28 bits per heavy atom. The molecular formula is C14H23N3O. The lowest BCUT2D eigenvalue weighted by molar-refractivity contribution is -0.120. The van der Waals surface area contributed by atoms with Crippen LogP contribution in [0.15, 0.2) is 18.2 Å². The molecule has 0 aliphatic heterocycles. The standard InChI is InChI=1S/C14H23N3O/c1-11-6-5-7-12(2)14(11)17(4)9-8-16-13(18)10-15-3/h5-7,15H,8-10H2,1-4H3,(H,16,18). The Morgan fingerprint density at radius 2 is 1.89 bits per heavy atom. The third kappa shape index (κ3) is 4.04. The quantitative estimate of drug-likeness (QED) is 0.793. The number of aryl methyl sites for hydroxylation is 2. The third-order valence-corrected chi connectivity index (χ3v) is 2.93. The van der Waals surface area contributed by atoms with Crippen molar-refractivity contribution >= 4 is 11.6 Å². The Kier molecular flexibility index (Phi) is 5.65. The molecule has 1 amide bonds. The minimum absolute atomic E-state index is 0.0346. The summed E-state index contributed by atoms with van der Waals surface area (Å²) in [6, 6.07) is 6.29. The Morgan fingerprint density at radius 3 is 2.44 bits per heavy atom. The Hall–Kier alpha value is -1.55. The molecule has 0 aromatic heterocycles. The zero-order chi connectivity index (χ0) is 13.5. The van der Waals surface area contributed by atoms with Crippen LogP contribution in [-0.4, -0.2) is 39.6 Å². The van der Waals surface area contributed by atoms with E-state index in [1.165, 1.54) is 16.8 Å². The van der Waals surface area contributed by atoms with Crippen LogP contribution in [0.3, 0.4) is 0 Å².